The van der Waals surface area contributed by atoms with Crippen molar-refractivity contribution < 1.29 is 9.53 Å². The summed E-state index contributed by atoms with van der Waals surface area (Å²) >= 11 is 5.95. The van der Waals surface area contributed by atoms with Crippen LogP contribution in [0, 0.1) is 0 Å². The van der Waals surface area contributed by atoms with Crippen molar-refractivity contribution in [1.82, 2.24) is 10.2 Å². The molecule has 0 fully saturated rings. The number of nitrogens with one attached hydrogen (secondary N) is 2. The fraction of sp³-hybridized carbons (Fsp3) is 0.353. The number of hydrogen-bond acceptors (Lipinski definition) is 5. The Hall–Kier alpha value is -2.34. The summed E-state index contributed by atoms with van der Waals surface area (Å²) in [5.41, 5.74) is 0.588. The van der Waals surface area contributed by atoms with Crippen LogP contribution in [0.15, 0.2) is 36.4 Å². The zero-order valence-corrected chi connectivity index (χ0v) is 14.7. The molecule has 2 N–H and O–H groups in total. The van der Waals surface area contributed by atoms with E-state index in [2.05, 4.69) is 20.8 Å². The highest BCUT2D eigenvalue weighted by molar-refractivity contribution is 6.30. The Balaban J connectivity index is 1.80. The Morgan fingerprint density at radius 1 is 1.17 bits per heavy atom. The van der Waals surface area contributed by atoms with Gasteiger partial charge < -0.3 is 10.1 Å². The number of rotatable bonds is 5. The molecular weight excluding hydrogens is 328 g/mol. The third-order valence-electron chi connectivity index (χ3n) is 2.90. The predicted octanol–water partition coefficient (Wildman–Crippen LogP) is 4.13. The minimum absolute atomic E-state index is 0.338. The second kappa shape index (κ2) is 7.97. The van der Waals surface area contributed by atoms with E-state index < -0.39 is 11.7 Å². The summed E-state index contributed by atoms with van der Waals surface area (Å²) in [4.78, 5) is 11.6. The number of benzene rings is 1. The normalized spacial score (nSPS) is 11.0. The summed E-state index contributed by atoms with van der Waals surface area (Å²) in [6, 6.07) is 11.1. The zero-order chi connectivity index (χ0) is 17.6. The minimum atomic E-state index is -0.557. The lowest BCUT2D eigenvalue weighted by Crippen LogP contribution is -2.27. The molecule has 2 aromatic rings. The molecule has 0 bridgehead atoms. The third-order valence-corrected chi connectivity index (χ3v) is 3.14. The van der Waals surface area contributed by atoms with E-state index in [-0.39, 0.29) is 0 Å². The van der Waals surface area contributed by atoms with Crippen molar-refractivity contribution >= 4 is 29.3 Å². The van der Waals surface area contributed by atoms with Crippen LogP contribution in [0.2, 0.25) is 5.02 Å². The van der Waals surface area contributed by atoms with E-state index in [0.717, 1.165) is 17.0 Å². The van der Waals surface area contributed by atoms with Crippen molar-refractivity contribution in [3.63, 3.8) is 0 Å². The molecule has 0 radical (unpaired) electrons. The van der Waals surface area contributed by atoms with Gasteiger partial charge in [0.05, 0.1) is 0 Å². The van der Waals surface area contributed by atoms with Crippen LogP contribution in [0.5, 0.6) is 0 Å². The molecule has 0 saturated heterocycles. The molecule has 0 aliphatic rings. The monoisotopic (exact) mass is 348 g/mol. The van der Waals surface area contributed by atoms with E-state index in [1.165, 1.54) is 0 Å². The first kappa shape index (κ1) is 18.0. The number of ether oxygens (including phenoxy) is 1. The molecule has 7 heteroatoms. The van der Waals surface area contributed by atoms with Crippen molar-refractivity contribution in [1.29, 1.82) is 0 Å². The summed E-state index contributed by atoms with van der Waals surface area (Å²) < 4.78 is 5.15. The summed E-state index contributed by atoms with van der Waals surface area (Å²) in [5, 5.41) is 14.4. The quantitative estimate of drug-likeness (QED) is 0.849. The average Bonchev–Trinajstić information content (AvgIpc) is 2.47. The summed E-state index contributed by atoms with van der Waals surface area (Å²) in [6.45, 7) is 6.09. The number of halogens is 1. The van der Waals surface area contributed by atoms with E-state index in [9.17, 15) is 4.79 Å². The van der Waals surface area contributed by atoms with Gasteiger partial charge in [0.2, 0.25) is 0 Å². The Bertz CT molecular complexity index is 684. The minimum Gasteiger partial charge on any atom is -0.444 e. The van der Waals surface area contributed by atoms with Crippen LogP contribution in [0.1, 0.15) is 26.3 Å². The number of anilines is 2. The highest BCUT2D eigenvalue weighted by atomic mass is 35.5. The fourth-order valence-corrected chi connectivity index (χ4v) is 2.14. The standard InChI is InChI=1S/C17H21ClN4O2/c1-17(2,3)24-16(23)20-15-8-7-14(21-22-15)19-10-9-12-5-4-6-13(18)11-12/h4-8,11H,9-10H2,1-3H3,(H,19,21)(H,20,22,23). The fourth-order valence-electron chi connectivity index (χ4n) is 1.93. The van der Waals surface area contributed by atoms with Gasteiger partial charge in [-0.2, -0.15) is 0 Å². The molecule has 1 aromatic carbocycles. The van der Waals surface area contributed by atoms with Crippen LogP contribution in [0.25, 0.3) is 0 Å². The lowest BCUT2D eigenvalue weighted by atomic mass is 10.1. The van der Waals surface area contributed by atoms with Gasteiger partial charge in [0.15, 0.2) is 5.82 Å². The lowest BCUT2D eigenvalue weighted by molar-refractivity contribution is 0.0635. The number of aromatic nitrogens is 2. The zero-order valence-electron chi connectivity index (χ0n) is 14.0. The first-order chi connectivity index (χ1) is 11.3. The van der Waals surface area contributed by atoms with E-state index in [0.29, 0.717) is 18.2 Å². The molecule has 0 atom stereocenters. The molecule has 0 unspecified atom stereocenters. The highest BCUT2D eigenvalue weighted by Crippen LogP contribution is 2.12. The number of amides is 1. The van der Waals surface area contributed by atoms with Crippen LogP contribution in [0.4, 0.5) is 16.4 Å². The molecule has 0 spiro atoms. The van der Waals surface area contributed by atoms with E-state index in [1.807, 2.05) is 24.3 Å². The molecule has 1 amide bonds. The summed E-state index contributed by atoms with van der Waals surface area (Å²) in [6.07, 6.45) is 0.263. The Kier molecular flexibility index (Phi) is 5.98. The van der Waals surface area contributed by atoms with Crippen molar-refractivity contribution in [3.05, 3.63) is 47.0 Å². The number of nitrogens with zero attached hydrogens (tertiary/aromatic N) is 2. The van der Waals surface area contributed by atoms with Crippen LogP contribution < -0.4 is 10.6 Å². The van der Waals surface area contributed by atoms with Gasteiger partial charge in [-0.3, -0.25) is 5.32 Å². The number of hydrogen-bond donors (Lipinski definition) is 2. The maximum absolute atomic E-state index is 11.6. The summed E-state index contributed by atoms with van der Waals surface area (Å²) in [7, 11) is 0. The third kappa shape index (κ3) is 6.42. The van der Waals surface area contributed by atoms with Gasteiger partial charge in [-0.15, -0.1) is 10.2 Å². The summed E-state index contributed by atoms with van der Waals surface area (Å²) in [5.74, 6) is 0.969. The average molecular weight is 349 g/mol. The van der Waals surface area contributed by atoms with Gasteiger partial charge in [0.25, 0.3) is 0 Å². The molecule has 6 nitrogen and oxygen atoms in total. The molecule has 128 valence electrons. The molecule has 1 heterocycles. The maximum atomic E-state index is 11.6. The van der Waals surface area contributed by atoms with Crippen LogP contribution in [-0.2, 0) is 11.2 Å². The van der Waals surface area contributed by atoms with E-state index in [4.69, 9.17) is 16.3 Å². The van der Waals surface area contributed by atoms with Crippen molar-refractivity contribution in [2.75, 3.05) is 17.2 Å². The second-order valence-electron chi connectivity index (χ2n) is 6.24. The van der Waals surface area contributed by atoms with E-state index >= 15 is 0 Å². The van der Waals surface area contributed by atoms with Gasteiger partial charge in [0, 0.05) is 11.6 Å². The van der Waals surface area contributed by atoms with Gasteiger partial charge in [-0.25, -0.2) is 4.79 Å². The first-order valence-corrected chi connectivity index (χ1v) is 8.02. The highest BCUT2D eigenvalue weighted by Gasteiger charge is 2.16. The topological polar surface area (TPSA) is 76.1 Å². The molecule has 24 heavy (non-hydrogen) atoms. The SMILES string of the molecule is CC(C)(C)OC(=O)Nc1ccc(NCCc2cccc(Cl)c2)nn1. The molecule has 2 rings (SSSR count). The number of carbonyl (C=O) groups is 1. The van der Waals surface area contributed by atoms with Crippen LogP contribution in [-0.4, -0.2) is 28.4 Å². The van der Waals surface area contributed by atoms with Gasteiger partial charge in [0.1, 0.15) is 11.4 Å². The van der Waals surface area contributed by atoms with Crippen LogP contribution >= 0.6 is 11.6 Å². The predicted molar refractivity (Wildman–Crippen MR) is 95.5 cm³/mol. The van der Waals surface area contributed by atoms with Crippen molar-refractivity contribution in [2.45, 2.75) is 32.8 Å². The second-order valence-corrected chi connectivity index (χ2v) is 6.67. The smallest absolute Gasteiger partial charge is 0.413 e. The number of carbonyl (C=O) groups excluding carboxylic acids is 1. The molecule has 0 aliphatic heterocycles. The molecule has 0 saturated carbocycles. The van der Waals surface area contributed by atoms with Gasteiger partial charge in [-0.05, 0) is 57.0 Å². The van der Waals surface area contributed by atoms with Gasteiger partial charge in [-0.1, -0.05) is 23.7 Å². The van der Waals surface area contributed by atoms with E-state index in [1.54, 1.807) is 32.9 Å². The Morgan fingerprint density at radius 3 is 2.50 bits per heavy atom. The Labute approximate surface area is 146 Å². The largest absolute Gasteiger partial charge is 0.444 e. The first-order valence-electron chi connectivity index (χ1n) is 7.64. The molecular formula is C17H21ClN4O2. The maximum Gasteiger partial charge on any atom is 0.413 e. The Morgan fingerprint density at radius 2 is 1.88 bits per heavy atom. The van der Waals surface area contributed by atoms with Crippen molar-refractivity contribution in [2.24, 2.45) is 0 Å². The molecule has 1 aromatic heterocycles. The lowest BCUT2D eigenvalue weighted by Gasteiger charge is -2.19. The van der Waals surface area contributed by atoms with Crippen LogP contribution in [0.3, 0.4) is 0 Å². The van der Waals surface area contributed by atoms with Crippen molar-refractivity contribution in [3.8, 4) is 0 Å². The van der Waals surface area contributed by atoms with Gasteiger partial charge >= 0.3 is 6.09 Å². The molecule has 0 aliphatic carbocycles.